The van der Waals surface area contributed by atoms with Gasteiger partial charge >= 0.3 is 0 Å². The van der Waals surface area contributed by atoms with Crippen LogP contribution < -0.4 is 5.32 Å². The van der Waals surface area contributed by atoms with E-state index in [4.69, 9.17) is 11.6 Å². The van der Waals surface area contributed by atoms with Crippen LogP contribution >= 0.6 is 11.6 Å². The van der Waals surface area contributed by atoms with Crippen molar-refractivity contribution in [3.05, 3.63) is 35.4 Å². The summed E-state index contributed by atoms with van der Waals surface area (Å²) in [6.07, 6.45) is 4.78. The Balaban J connectivity index is 1.86. The first kappa shape index (κ1) is 13.8. The minimum absolute atomic E-state index is 0.195. The Labute approximate surface area is 112 Å². The number of nitrogens with one attached hydrogen (secondary N) is 1. The standard InChI is InChI=1S/C14H18ClF2N/c15-9-14(5-1-2-6-14)10-18-8-11-3-4-12(16)13(17)7-11/h3-4,7,18H,1-2,5-6,8-10H2. The third kappa shape index (κ3) is 3.21. The lowest BCUT2D eigenvalue weighted by atomic mass is 9.88. The Morgan fingerprint density at radius 3 is 2.50 bits per heavy atom. The fourth-order valence-corrected chi connectivity index (χ4v) is 2.97. The van der Waals surface area contributed by atoms with Gasteiger partial charge in [-0.1, -0.05) is 18.9 Å². The van der Waals surface area contributed by atoms with Crippen LogP contribution in [0, 0.1) is 17.0 Å². The van der Waals surface area contributed by atoms with Gasteiger partial charge in [0.2, 0.25) is 0 Å². The van der Waals surface area contributed by atoms with E-state index in [9.17, 15) is 8.78 Å². The van der Waals surface area contributed by atoms with Crippen molar-refractivity contribution in [2.45, 2.75) is 32.2 Å². The van der Waals surface area contributed by atoms with Gasteiger partial charge < -0.3 is 5.32 Å². The molecule has 1 aromatic carbocycles. The van der Waals surface area contributed by atoms with E-state index in [1.807, 2.05) is 0 Å². The second kappa shape index (κ2) is 5.98. The molecule has 1 aliphatic rings. The van der Waals surface area contributed by atoms with Crippen molar-refractivity contribution in [1.82, 2.24) is 5.32 Å². The molecular formula is C14H18ClF2N. The molecule has 100 valence electrons. The Morgan fingerprint density at radius 1 is 1.17 bits per heavy atom. The molecule has 1 aromatic rings. The maximum atomic E-state index is 13.0. The lowest BCUT2D eigenvalue weighted by Crippen LogP contribution is -2.33. The van der Waals surface area contributed by atoms with Gasteiger partial charge in [-0.25, -0.2) is 8.78 Å². The molecule has 1 nitrogen and oxygen atoms in total. The Morgan fingerprint density at radius 2 is 1.89 bits per heavy atom. The monoisotopic (exact) mass is 273 g/mol. The zero-order valence-electron chi connectivity index (χ0n) is 10.3. The molecule has 1 N–H and O–H groups in total. The summed E-state index contributed by atoms with van der Waals surface area (Å²) in [6, 6.07) is 4.01. The van der Waals surface area contributed by atoms with E-state index >= 15 is 0 Å². The van der Waals surface area contributed by atoms with Crippen molar-refractivity contribution in [3.63, 3.8) is 0 Å². The fraction of sp³-hybridized carbons (Fsp3) is 0.571. The lowest BCUT2D eigenvalue weighted by Gasteiger charge is -2.26. The SMILES string of the molecule is Fc1ccc(CNCC2(CCl)CCCC2)cc1F. The number of hydrogen-bond donors (Lipinski definition) is 1. The molecule has 0 spiro atoms. The van der Waals surface area contributed by atoms with Crippen LogP contribution in [0.3, 0.4) is 0 Å². The highest BCUT2D eigenvalue weighted by Crippen LogP contribution is 2.38. The van der Waals surface area contributed by atoms with E-state index in [0.717, 1.165) is 24.9 Å². The molecule has 0 aliphatic heterocycles. The minimum Gasteiger partial charge on any atom is -0.312 e. The third-order valence-corrected chi connectivity index (χ3v) is 4.33. The van der Waals surface area contributed by atoms with Crippen LogP contribution in [0.1, 0.15) is 31.2 Å². The Hall–Kier alpha value is -0.670. The first-order chi connectivity index (χ1) is 8.65. The predicted molar refractivity (Wildman–Crippen MR) is 69.7 cm³/mol. The lowest BCUT2D eigenvalue weighted by molar-refractivity contribution is 0.320. The van der Waals surface area contributed by atoms with Crippen LogP contribution in [0.25, 0.3) is 0 Å². The second-order valence-corrected chi connectivity index (χ2v) is 5.46. The summed E-state index contributed by atoms with van der Waals surface area (Å²) < 4.78 is 25.8. The van der Waals surface area contributed by atoms with Gasteiger partial charge in [0.1, 0.15) is 0 Å². The maximum absolute atomic E-state index is 13.0. The molecule has 1 fully saturated rings. The normalized spacial score (nSPS) is 18.2. The van der Waals surface area contributed by atoms with Gasteiger partial charge in [-0.15, -0.1) is 11.6 Å². The second-order valence-electron chi connectivity index (χ2n) is 5.19. The first-order valence-electron chi connectivity index (χ1n) is 6.36. The Bertz CT molecular complexity index is 403. The van der Waals surface area contributed by atoms with Crippen LogP contribution in [0.5, 0.6) is 0 Å². The van der Waals surface area contributed by atoms with Crippen molar-refractivity contribution in [2.75, 3.05) is 12.4 Å². The van der Waals surface area contributed by atoms with Crippen LogP contribution in [-0.4, -0.2) is 12.4 Å². The van der Waals surface area contributed by atoms with E-state index in [0.29, 0.717) is 12.4 Å². The van der Waals surface area contributed by atoms with Gasteiger partial charge in [0.15, 0.2) is 11.6 Å². The highest BCUT2D eigenvalue weighted by atomic mass is 35.5. The summed E-state index contributed by atoms with van der Waals surface area (Å²) in [4.78, 5) is 0. The van der Waals surface area contributed by atoms with E-state index in [-0.39, 0.29) is 5.41 Å². The van der Waals surface area contributed by atoms with Crippen molar-refractivity contribution >= 4 is 11.6 Å². The number of alkyl halides is 1. The van der Waals surface area contributed by atoms with Gasteiger partial charge in [-0.05, 0) is 36.0 Å². The molecule has 0 saturated heterocycles. The number of hydrogen-bond acceptors (Lipinski definition) is 1. The molecule has 0 radical (unpaired) electrons. The van der Waals surface area contributed by atoms with Crippen molar-refractivity contribution in [3.8, 4) is 0 Å². The average Bonchev–Trinajstić information content (AvgIpc) is 2.83. The zero-order chi connectivity index (χ0) is 13.0. The molecule has 0 amide bonds. The van der Waals surface area contributed by atoms with E-state index in [1.54, 1.807) is 6.07 Å². The highest BCUT2D eigenvalue weighted by molar-refractivity contribution is 6.18. The number of benzene rings is 1. The molecule has 0 bridgehead atoms. The summed E-state index contributed by atoms with van der Waals surface area (Å²) in [5.74, 6) is -0.924. The summed E-state index contributed by atoms with van der Waals surface area (Å²) in [5, 5.41) is 3.31. The van der Waals surface area contributed by atoms with Gasteiger partial charge in [-0.3, -0.25) is 0 Å². The molecule has 1 saturated carbocycles. The molecule has 0 heterocycles. The number of halogens is 3. The highest BCUT2D eigenvalue weighted by Gasteiger charge is 2.32. The fourth-order valence-electron chi connectivity index (χ4n) is 2.60. The molecule has 18 heavy (non-hydrogen) atoms. The molecule has 2 rings (SSSR count). The topological polar surface area (TPSA) is 12.0 Å². The summed E-state index contributed by atoms with van der Waals surface area (Å²) in [5.41, 5.74) is 0.955. The van der Waals surface area contributed by atoms with E-state index in [2.05, 4.69) is 5.32 Å². The molecule has 1 aliphatic carbocycles. The predicted octanol–water partition coefficient (Wildman–Crippen LogP) is 3.85. The molecule has 4 heteroatoms. The van der Waals surface area contributed by atoms with E-state index < -0.39 is 11.6 Å². The smallest absolute Gasteiger partial charge is 0.159 e. The molecular weight excluding hydrogens is 256 g/mol. The van der Waals surface area contributed by atoms with Crippen LogP contribution in [0.15, 0.2) is 18.2 Å². The van der Waals surface area contributed by atoms with Crippen LogP contribution in [0.4, 0.5) is 8.78 Å². The minimum atomic E-state index is -0.799. The number of rotatable bonds is 5. The molecule has 0 unspecified atom stereocenters. The van der Waals surface area contributed by atoms with Gasteiger partial charge in [0.25, 0.3) is 0 Å². The van der Waals surface area contributed by atoms with E-state index in [1.165, 1.54) is 25.0 Å². The third-order valence-electron chi connectivity index (χ3n) is 3.76. The van der Waals surface area contributed by atoms with Crippen molar-refractivity contribution in [2.24, 2.45) is 5.41 Å². The quantitative estimate of drug-likeness (QED) is 0.804. The molecule has 0 aromatic heterocycles. The summed E-state index contributed by atoms with van der Waals surface area (Å²) in [6.45, 7) is 1.39. The molecule has 0 atom stereocenters. The van der Waals surface area contributed by atoms with Crippen LogP contribution in [-0.2, 0) is 6.54 Å². The average molecular weight is 274 g/mol. The Kier molecular flexibility index (Phi) is 4.57. The summed E-state index contributed by atoms with van der Waals surface area (Å²) in [7, 11) is 0. The first-order valence-corrected chi connectivity index (χ1v) is 6.89. The summed E-state index contributed by atoms with van der Waals surface area (Å²) >= 11 is 6.04. The van der Waals surface area contributed by atoms with Gasteiger partial charge in [0.05, 0.1) is 0 Å². The van der Waals surface area contributed by atoms with Gasteiger partial charge in [0, 0.05) is 19.0 Å². The van der Waals surface area contributed by atoms with Crippen LogP contribution in [0.2, 0.25) is 0 Å². The maximum Gasteiger partial charge on any atom is 0.159 e. The van der Waals surface area contributed by atoms with Gasteiger partial charge in [-0.2, -0.15) is 0 Å². The van der Waals surface area contributed by atoms with Crippen molar-refractivity contribution in [1.29, 1.82) is 0 Å². The zero-order valence-corrected chi connectivity index (χ0v) is 11.1. The largest absolute Gasteiger partial charge is 0.312 e. The van der Waals surface area contributed by atoms with Crippen molar-refractivity contribution < 1.29 is 8.78 Å².